The van der Waals surface area contributed by atoms with Gasteiger partial charge in [0.15, 0.2) is 0 Å². The molecular formula is C18H23NO2. The fourth-order valence-electron chi connectivity index (χ4n) is 2.86. The average Bonchev–Trinajstić information content (AvgIpc) is 3.02. The van der Waals surface area contributed by atoms with E-state index in [1.54, 1.807) is 0 Å². The van der Waals surface area contributed by atoms with Crippen LogP contribution in [0.5, 0.6) is 0 Å². The van der Waals surface area contributed by atoms with Crippen molar-refractivity contribution in [2.75, 3.05) is 13.7 Å². The monoisotopic (exact) mass is 285 g/mol. The van der Waals surface area contributed by atoms with Crippen LogP contribution >= 0.6 is 0 Å². The molecule has 1 aromatic carbocycles. The molecule has 1 aliphatic rings. The van der Waals surface area contributed by atoms with Crippen molar-refractivity contribution in [3.8, 4) is 11.8 Å². The molecule has 1 amide bonds. The first kappa shape index (κ1) is 15.6. The summed E-state index contributed by atoms with van der Waals surface area (Å²) in [6.07, 6.45) is 5.11. The number of carbonyl (C=O) groups is 1. The molecule has 1 aliphatic carbocycles. The van der Waals surface area contributed by atoms with E-state index in [4.69, 9.17) is 5.11 Å². The van der Waals surface area contributed by atoms with E-state index < -0.39 is 0 Å². The van der Waals surface area contributed by atoms with Gasteiger partial charge in [-0.25, -0.2) is 0 Å². The summed E-state index contributed by atoms with van der Waals surface area (Å²) in [6, 6.07) is 6.05. The molecule has 1 saturated carbocycles. The van der Waals surface area contributed by atoms with Crippen molar-refractivity contribution < 1.29 is 9.90 Å². The van der Waals surface area contributed by atoms with Crippen molar-refractivity contribution >= 4 is 5.91 Å². The van der Waals surface area contributed by atoms with Crippen molar-refractivity contribution in [3.05, 3.63) is 34.9 Å². The van der Waals surface area contributed by atoms with E-state index in [9.17, 15) is 4.79 Å². The number of nitrogens with zero attached hydrogens (tertiary/aromatic N) is 1. The summed E-state index contributed by atoms with van der Waals surface area (Å²) >= 11 is 0. The number of benzene rings is 1. The molecule has 0 atom stereocenters. The lowest BCUT2D eigenvalue weighted by Gasteiger charge is -2.25. The predicted octanol–water partition coefficient (Wildman–Crippen LogP) is 2.74. The zero-order chi connectivity index (χ0) is 15.2. The molecule has 0 unspecified atom stereocenters. The number of rotatable bonds is 3. The standard InChI is InChI=1S/C18H23NO2/c1-14-15(8-5-6-13-20)9-7-12-17(14)18(21)19(2)16-10-3-4-11-16/h7,9,12,16,20H,3-4,6,10-11,13H2,1-2H3. The Kier molecular flexibility index (Phi) is 5.41. The zero-order valence-electron chi connectivity index (χ0n) is 12.9. The summed E-state index contributed by atoms with van der Waals surface area (Å²) in [5.41, 5.74) is 2.53. The fraction of sp³-hybridized carbons (Fsp3) is 0.500. The Morgan fingerprint density at radius 1 is 1.38 bits per heavy atom. The highest BCUT2D eigenvalue weighted by Crippen LogP contribution is 2.24. The maximum atomic E-state index is 12.7. The molecule has 1 N–H and O–H groups in total. The Morgan fingerprint density at radius 3 is 2.76 bits per heavy atom. The molecule has 0 bridgehead atoms. The van der Waals surface area contributed by atoms with E-state index in [1.807, 2.05) is 37.1 Å². The molecule has 1 fully saturated rings. The van der Waals surface area contributed by atoms with Gasteiger partial charge in [-0.1, -0.05) is 30.7 Å². The summed E-state index contributed by atoms with van der Waals surface area (Å²) < 4.78 is 0. The van der Waals surface area contributed by atoms with Crippen LogP contribution in [0.15, 0.2) is 18.2 Å². The molecule has 112 valence electrons. The van der Waals surface area contributed by atoms with Gasteiger partial charge in [-0.2, -0.15) is 0 Å². The molecule has 0 spiro atoms. The van der Waals surface area contributed by atoms with E-state index in [0.29, 0.717) is 12.5 Å². The molecule has 21 heavy (non-hydrogen) atoms. The molecular weight excluding hydrogens is 262 g/mol. The maximum Gasteiger partial charge on any atom is 0.254 e. The van der Waals surface area contributed by atoms with Gasteiger partial charge >= 0.3 is 0 Å². The SMILES string of the molecule is Cc1c(C#CCCO)cccc1C(=O)N(C)C1CCCC1. The van der Waals surface area contributed by atoms with E-state index in [-0.39, 0.29) is 12.5 Å². The van der Waals surface area contributed by atoms with Gasteiger partial charge < -0.3 is 10.0 Å². The van der Waals surface area contributed by atoms with Gasteiger partial charge in [0, 0.05) is 30.6 Å². The van der Waals surface area contributed by atoms with Gasteiger partial charge in [0.2, 0.25) is 0 Å². The largest absolute Gasteiger partial charge is 0.395 e. The summed E-state index contributed by atoms with van der Waals surface area (Å²) in [5, 5.41) is 8.79. The first-order chi connectivity index (χ1) is 10.1. The van der Waals surface area contributed by atoms with Gasteiger partial charge in [0.1, 0.15) is 0 Å². The summed E-state index contributed by atoms with van der Waals surface area (Å²) in [4.78, 5) is 14.6. The number of amides is 1. The van der Waals surface area contributed by atoms with Crippen LogP contribution in [-0.2, 0) is 0 Å². The lowest BCUT2D eigenvalue weighted by atomic mass is 10.0. The summed E-state index contributed by atoms with van der Waals surface area (Å²) in [7, 11) is 1.90. The zero-order valence-corrected chi connectivity index (χ0v) is 12.9. The fourth-order valence-corrected chi connectivity index (χ4v) is 2.86. The first-order valence-electron chi connectivity index (χ1n) is 7.61. The highest BCUT2D eigenvalue weighted by atomic mass is 16.2. The third-order valence-corrected chi connectivity index (χ3v) is 4.22. The molecule has 0 saturated heterocycles. The lowest BCUT2D eigenvalue weighted by molar-refractivity contribution is 0.0734. The van der Waals surface area contributed by atoms with Crippen molar-refractivity contribution in [1.82, 2.24) is 4.90 Å². The number of aliphatic hydroxyl groups is 1. The van der Waals surface area contributed by atoms with Gasteiger partial charge in [-0.3, -0.25) is 4.79 Å². The Balaban J connectivity index is 2.21. The Labute approximate surface area is 127 Å². The van der Waals surface area contributed by atoms with Gasteiger partial charge in [-0.15, -0.1) is 0 Å². The van der Waals surface area contributed by atoms with E-state index in [2.05, 4.69) is 11.8 Å². The third kappa shape index (κ3) is 3.65. The second-order valence-corrected chi connectivity index (χ2v) is 5.61. The minimum absolute atomic E-state index is 0.0646. The molecule has 0 aliphatic heterocycles. The van der Waals surface area contributed by atoms with E-state index >= 15 is 0 Å². The molecule has 0 radical (unpaired) electrons. The first-order valence-corrected chi connectivity index (χ1v) is 7.61. The minimum Gasteiger partial charge on any atom is -0.395 e. The quantitative estimate of drug-likeness (QED) is 0.868. The topological polar surface area (TPSA) is 40.5 Å². The summed E-state index contributed by atoms with van der Waals surface area (Å²) in [6.45, 7) is 2.01. The van der Waals surface area contributed by atoms with Crippen LogP contribution in [0.4, 0.5) is 0 Å². The number of carbonyl (C=O) groups excluding carboxylic acids is 1. The van der Waals surface area contributed by atoms with Crippen molar-refractivity contribution in [2.24, 2.45) is 0 Å². The Bertz CT molecular complexity index is 562. The van der Waals surface area contributed by atoms with Gasteiger partial charge in [-0.05, 0) is 37.5 Å². The molecule has 0 heterocycles. The van der Waals surface area contributed by atoms with E-state index in [1.165, 1.54) is 12.8 Å². The minimum atomic E-state index is 0.0646. The molecule has 3 heteroatoms. The molecule has 0 aromatic heterocycles. The smallest absolute Gasteiger partial charge is 0.254 e. The predicted molar refractivity (Wildman–Crippen MR) is 84.1 cm³/mol. The van der Waals surface area contributed by atoms with Crippen LogP contribution < -0.4 is 0 Å². The second-order valence-electron chi connectivity index (χ2n) is 5.61. The summed E-state index contributed by atoms with van der Waals surface area (Å²) in [5.74, 6) is 6.04. The molecule has 1 aromatic rings. The van der Waals surface area contributed by atoms with Crippen LogP contribution in [0.25, 0.3) is 0 Å². The highest BCUT2D eigenvalue weighted by molar-refractivity contribution is 5.96. The lowest BCUT2D eigenvalue weighted by Crippen LogP contribution is -2.35. The number of hydrogen-bond acceptors (Lipinski definition) is 2. The van der Waals surface area contributed by atoms with Gasteiger partial charge in [0.25, 0.3) is 5.91 Å². The Morgan fingerprint density at radius 2 is 2.10 bits per heavy atom. The number of hydrogen-bond donors (Lipinski definition) is 1. The highest BCUT2D eigenvalue weighted by Gasteiger charge is 2.25. The van der Waals surface area contributed by atoms with Crippen LogP contribution in [-0.4, -0.2) is 35.6 Å². The molecule has 3 nitrogen and oxygen atoms in total. The van der Waals surface area contributed by atoms with Crippen LogP contribution in [0.3, 0.4) is 0 Å². The Hall–Kier alpha value is -1.79. The van der Waals surface area contributed by atoms with Crippen LogP contribution in [0.1, 0.15) is 53.6 Å². The third-order valence-electron chi connectivity index (χ3n) is 4.22. The normalized spacial score (nSPS) is 14.6. The second kappa shape index (κ2) is 7.28. The van der Waals surface area contributed by atoms with Gasteiger partial charge in [0.05, 0.1) is 6.61 Å². The van der Waals surface area contributed by atoms with Crippen molar-refractivity contribution in [3.63, 3.8) is 0 Å². The van der Waals surface area contributed by atoms with Crippen LogP contribution in [0, 0.1) is 18.8 Å². The maximum absolute atomic E-state index is 12.7. The van der Waals surface area contributed by atoms with E-state index in [0.717, 1.165) is 29.5 Å². The van der Waals surface area contributed by atoms with Crippen LogP contribution in [0.2, 0.25) is 0 Å². The molecule has 2 rings (SSSR count). The van der Waals surface area contributed by atoms with Crippen molar-refractivity contribution in [2.45, 2.75) is 45.1 Å². The van der Waals surface area contributed by atoms with Crippen molar-refractivity contribution in [1.29, 1.82) is 0 Å². The number of aliphatic hydroxyl groups excluding tert-OH is 1. The average molecular weight is 285 g/mol.